The van der Waals surface area contributed by atoms with Crippen LogP contribution in [0, 0.1) is 0 Å². The van der Waals surface area contributed by atoms with Gasteiger partial charge in [0.2, 0.25) is 0 Å². The number of amides is 1. The van der Waals surface area contributed by atoms with Gasteiger partial charge in [-0.3, -0.25) is 0 Å². The van der Waals surface area contributed by atoms with Gasteiger partial charge in [0.05, 0.1) is 11.2 Å². The van der Waals surface area contributed by atoms with Crippen molar-refractivity contribution in [1.82, 2.24) is 4.90 Å². The predicted octanol–water partition coefficient (Wildman–Crippen LogP) is 2.02. The second-order valence-corrected chi connectivity index (χ2v) is 7.07. The van der Waals surface area contributed by atoms with Crippen molar-refractivity contribution in [3.05, 3.63) is 29.3 Å². The van der Waals surface area contributed by atoms with E-state index in [4.69, 9.17) is 14.4 Å². The molecule has 0 unspecified atom stereocenters. The van der Waals surface area contributed by atoms with Crippen molar-refractivity contribution >= 4 is 18.7 Å². The summed E-state index contributed by atoms with van der Waals surface area (Å²) in [6.07, 6.45) is -0.114. The lowest BCUT2D eigenvalue weighted by Crippen LogP contribution is -2.41. The number of benzene rings is 1. The Labute approximate surface area is 131 Å². The van der Waals surface area contributed by atoms with Crippen LogP contribution in [0.15, 0.2) is 18.2 Å². The number of fused-ring (bicyclic) bond motifs is 1. The molecule has 3 rings (SSSR count). The van der Waals surface area contributed by atoms with E-state index in [0.717, 1.165) is 17.4 Å². The Kier molecular flexibility index (Phi) is 3.49. The van der Waals surface area contributed by atoms with Crippen molar-refractivity contribution < 1.29 is 19.2 Å². The summed E-state index contributed by atoms with van der Waals surface area (Å²) in [6, 6.07) is 6.11. The van der Waals surface area contributed by atoms with E-state index in [1.807, 2.05) is 39.8 Å². The van der Waals surface area contributed by atoms with Gasteiger partial charge in [0.25, 0.3) is 0 Å². The van der Waals surface area contributed by atoms with Gasteiger partial charge in [-0.05, 0) is 50.7 Å². The highest BCUT2D eigenvalue weighted by atomic mass is 16.7. The fraction of sp³-hybridized carbons (Fsp3) is 0.562. The van der Waals surface area contributed by atoms with E-state index >= 15 is 0 Å². The highest BCUT2D eigenvalue weighted by Crippen LogP contribution is 2.36. The summed E-state index contributed by atoms with van der Waals surface area (Å²) in [5.74, 6) is 0. The van der Waals surface area contributed by atoms with Gasteiger partial charge in [0, 0.05) is 13.1 Å². The average Bonchev–Trinajstić information content (AvgIpc) is 2.66. The summed E-state index contributed by atoms with van der Waals surface area (Å²) in [5, 5.41) is 9.16. The van der Waals surface area contributed by atoms with Crippen LogP contribution >= 0.6 is 0 Å². The molecule has 0 radical (unpaired) electrons. The zero-order valence-corrected chi connectivity index (χ0v) is 13.5. The lowest BCUT2D eigenvalue weighted by molar-refractivity contribution is 0.00578. The van der Waals surface area contributed by atoms with E-state index in [2.05, 4.69) is 6.07 Å². The molecule has 1 aromatic carbocycles. The van der Waals surface area contributed by atoms with E-state index in [0.29, 0.717) is 13.1 Å². The van der Waals surface area contributed by atoms with E-state index in [9.17, 15) is 4.79 Å². The Balaban J connectivity index is 1.86. The van der Waals surface area contributed by atoms with Crippen LogP contribution < -0.4 is 5.46 Å². The number of rotatable bonds is 1. The first-order chi connectivity index (χ1) is 10.2. The molecule has 0 aliphatic carbocycles. The standard InChI is InChI=1S/C16H22BNO4/c1-15(2)16(3,4)22-17(21-15)13-6-5-11-7-8-18(14(19)20)10-12(11)9-13/h5-6,9H,7-8,10H2,1-4H3,(H,19,20). The molecule has 0 aromatic heterocycles. The Morgan fingerprint density at radius 3 is 2.41 bits per heavy atom. The number of nitrogens with zero attached hydrogens (tertiary/aromatic N) is 1. The molecule has 1 amide bonds. The number of hydrogen-bond acceptors (Lipinski definition) is 3. The van der Waals surface area contributed by atoms with Gasteiger partial charge in [0.15, 0.2) is 0 Å². The zero-order chi connectivity index (χ0) is 16.1. The first kappa shape index (κ1) is 15.4. The maximum atomic E-state index is 11.2. The summed E-state index contributed by atoms with van der Waals surface area (Å²) < 4.78 is 12.1. The fourth-order valence-electron chi connectivity index (χ4n) is 2.87. The predicted molar refractivity (Wildman–Crippen MR) is 84.3 cm³/mol. The molecule has 1 saturated heterocycles. The second-order valence-electron chi connectivity index (χ2n) is 7.07. The van der Waals surface area contributed by atoms with Crippen molar-refractivity contribution in [3.63, 3.8) is 0 Å². The van der Waals surface area contributed by atoms with Crippen molar-refractivity contribution in [1.29, 1.82) is 0 Å². The van der Waals surface area contributed by atoms with Crippen LogP contribution in [0.4, 0.5) is 4.79 Å². The SMILES string of the molecule is CC1(C)OB(c2ccc3c(c2)CN(C(=O)O)CC3)OC1(C)C. The maximum absolute atomic E-state index is 11.2. The number of carbonyl (C=O) groups is 1. The molecule has 6 heteroatoms. The van der Waals surface area contributed by atoms with Crippen LogP contribution in [0.2, 0.25) is 0 Å². The third kappa shape index (κ3) is 2.50. The molecular formula is C16H22BNO4. The van der Waals surface area contributed by atoms with E-state index < -0.39 is 13.2 Å². The Morgan fingerprint density at radius 1 is 1.18 bits per heavy atom. The largest absolute Gasteiger partial charge is 0.494 e. The van der Waals surface area contributed by atoms with Crippen LogP contribution in [-0.2, 0) is 22.3 Å². The molecule has 22 heavy (non-hydrogen) atoms. The quantitative estimate of drug-likeness (QED) is 0.806. The number of carboxylic acid groups (broad SMARTS) is 1. The first-order valence-corrected chi connectivity index (χ1v) is 7.65. The molecular weight excluding hydrogens is 281 g/mol. The normalized spacial score (nSPS) is 22.5. The third-order valence-corrected chi connectivity index (χ3v) is 5.04. The summed E-state index contributed by atoms with van der Waals surface area (Å²) in [6.45, 7) is 9.08. The molecule has 0 saturated carbocycles. The Morgan fingerprint density at radius 2 is 1.82 bits per heavy atom. The van der Waals surface area contributed by atoms with Crippen molar-refractivity contribution in [3.8, 4) is 0 Å². The van der Waals surface area contributed by atoms with Gasteiger partial charge in [-0.1, -0.05) is 18.2 Å². The van der Waals surface area contributed by atoms with Crippen LogP contribution in [0.1, 0.15) is 38.8 Å². The smallest absolute Gasteiger partial charge is 0.465 e. The lowest BCUT2D eigenvalue weighted by atomic mass is 9.77. The molecule has 5 nitrogen and oxygen atoms in total. The van der Waals surface area contributed by atoms with Gasteiger partial charge in [-0.2, -0.15) is 0 Å². The van der Waals surface area contributed by atoms with Gasteiger partial charge in [0.1, 0.15) is 0 Å². The molecule has 118 valence electrons. The minimum atomic E-state index is -0.869. The molecule has 0 atom stereocenters. The van der Waals surface area contributed by atoms with Crippen LogP contribution in [0.3, 0.4) is 0 Å². The van der Waals surface area contributed by atoms with Crippen LogP contribution in [0.5, 0.6) is 0 Å². The highest BCUT2D eigenvalue weighted by molar-refractivity contribution is 6.62. The minimum absolute atomic E-state index is 0.374. The maximum Gasteiger partial charge on any atom is 0.494 e. The summed E-state index contributed by atoms with van der Waals surface area (Å²) in [7, 11) is -0.407. The van der Waals surface area contributed by atoms with Crippen molar-refractivity contribution in [2.24, 2.45) is 0 Å². The number of hydrogen-bond donors (Lipinski definition) is 1. The molecule has 1 N–H and O–H groups in total. The molecule has 2 aliphatic heterocycles. The second kappa shape index (κ2) is 5.00. The summed E-state index contributed by atoms with van der Waals surface area (Å²) >= 11 is 0. The Hall–Kier alpha value is -1.53. The minimum Gasteiger partial charge on any atom is -0.465 e. The van der Waals surface area contributed by atoms with E-state index in [1.54, 1.807) is 0 Å². The molecule has 0 spiro atoms. The molecule has 2 heterocycles. The average molecular weight is 303 g/mol. The van der Waals surface area contributed by atoms with Gasteiger partial charge in [-0.15, -0.1) is 0 Å². The fourth-order valence-corrected chi connectivity index (χ4v) is 2.87. The van der Waals surface area contributed by atoms with Crippen LogP contribution in [-0.4, -0.2) is 41.0 Å². The van der Waals surface area contributed by atoms with Crippen molar-refractivity contribution in [2.75, 3.05) is 6.54 Å². The van der Waals surface area contributed by atoms with Crippen molar-refractivity contribution in [2.45, 2.75) is 51.9 Å². The monoisotopic (exact) mass is 303 g/mol. The topological polar surface area (TPSA) is 59.0 Å². The van der Waals surface area contributed by atoms with Gasteiger partial charge < -0.3 is 19.3 Å². The third-order valence-electron chi connectivity index (χ3n) is 5.04. The molecule has 2 aliphatic rings. The Bertz CT molecular complexity index is 598. The van der Waals surface area contributed by atoms with Gasteiger partial charge in [-0.25, -0.2) is 4.79 Å². The van der Waals surface area contributed by atoms with Crippen LogP contribution in [0.25, 0.3) is 0 Å². The summed E-state index contributed by atoms with van der Waals surface area (Å²) in [5.41, 5.74) is 2.45. The summed E-state index contributed by atoms with van der Waals surface area (Å²) in [4.78, 5) is 12.6. The highest BCUT2D eigenvalue weighted by Gasteiger charge is 2.51. The zero-order valence-electron chi connectivity index (χ0n) is 13.5. The molecule has 1 aromatic rings. The first-order valence-electron chi connectivity index (χ1n) is 7.65. The lowest BCUT2D eigenvalue weighted by Gasteiger charge is -2.32. The van der Waals surface area contributed by atoms with Gasteiger partial charge >= 0.3 is 13.2 Å². The molecule has 0 bridgehead atoms. The van der Waals surface area contributed by atoms with E-state index in [-0.39, 0.29) is 11.2 Å². The molecule has 1 fully saturated rings. The van der Waals surface area contributed by atoms with E-state index in [1.165, 1.54) is 10.5 Å².